The number of fused-ring (bicyclic) bond motifs is 1. The summed E-state index contributed by atoms with van der Waals surface area (Å²) in [5.74, 6) is -2.94. The summed E-state index contributed by atoms with van der Waals surface area (Å²) in [4.78, 5) is 22.0. The predicted octanol–water partition coefficient (Wildman–Crippen LogP) is 1.62. The maximum Gasteiger partial charge on any atom is 0.491 e. The van der Waals surface area contributed by atoms with Gasteiger partial charge in [0, 0.05) is 5.39 Å². The number of rotatable bonds is 1. The first-order valence-corrected chi connectivity index (χ1v) is 4.99. The summed E-state index contributed by atoms with van der Waals surface area (Å²) in [7, 11) is 0. The molecule has 5 nitrogen and oxygen atoms in total. The first kappa shape index (κ1) is 12.9. The minimum Gasteiger partial charge on any atom is -0.413 e. The topological polar surface area (TPSA) is 62.2 Å². The van der Waals surface area contributed by atoms with E-state index in [0.29, 0.717) is 11.6 Å². The number of benzene rings is 1. The highest BCUT2D eigenvalue weighted by molar-refractivity contribution is 5.81. The summed E-state index contributed by atoms with van der Waals surface area (Å²) in [6.45, 7) is 0. The molecule has 0 atom stereocenters. The quantitative estimate of drug-likeness (QED) is 0.584. The smallest absolute Gasteiger partial charge is 0.413 e. The van der Waals surface area contributed by atoms with Crippen LogP contribution in [0.2, 0.25) is 0 Å². The van der Waals surface area contributed by atoms with Crippen molar-refractivity contribution >= 4 is 16.9 Å². The molecule has 1 aromatic heterocycles. The standard InChI is InChI=1S/C11H6F3N2O3/c12-11(13,14)10(17)19-8-5-7-3-1-2-4-9(7)15-16(18)6-8/h1-6H/q+1. The van der Waals surface area contributed by atoms with Crippen LogP contribution in [-0.2, 0) is 4.79 Å². The van der Waals surface area contributed by atoms with E-state index >= 15 is 0 Å². The van der Waals surface area contributed by atoms with Gasteiger partial charge in [-0.05, 0) is 12.1 Å². The predicted molar refractivity (Wildman–Crippen MR) is 56.8 cm³/mol. The third kappa shape index (κ3) is 3.03. The second-order valence-corrected chi connectivity index (χ2v) is 3.52. The lowest BCUT2D eigenvalue weighted by Crippen LogP contribution is -2.28. The highest BCUT2D eigenvalue weighted by Gasteiger charge is 2.41. The minimum absolute atomic E-state index is 0.0291. The molecule has 0 aliphatic carbocycles. The van der Waals surface area contributed by atoms with Crippen LogP contribution in [0.25, 0.3) is 10.9 Å². The first-order chi connectivity index (χ1) is 8.86. The summed E-state index contributed by atoms with van der Waals surface area (Å²) in [5.41, 5.74) is 0.256. The molecular formula is C11H6F3N2O3+. The Hall–Kier alpha value is -2.51. The van der Waals surface area contributed by atoms with Gasteiger partial charge in [-0.25, -0.2) is 4.79 Å². The van der Waals surface area contributed by atoms with Crippen LogP contribution in [0.4, 0.5) is 13.2 Å². The molecule has 1 aromatic carbocycles. The zero-order valence-corrected chi connectivity index (χ0v) is 9.22. The van der Waals surface area contributed by atoms with Crippen molar-refractivity contribution in [2.75, 3.05) is 0 Å². The van der Waals surface area contributed by atoms with Crippen LogP contribution < -0.4 is 9.28 Å². The van der Waals surface area contributed by atoms with Crippen LogP contribution in [0, 0.1) is 4.91 Å². The van der Waals surface area contributed by atoms with Crippen molar-refractivity contribution in [1.82, 2.24) is 5.10 Å². The van der Waals surface area contributed by atoms with E-state index in [2.05, 4.69) is 9.84 Å². The average Bonchev–Trinajstić information content (AvgIpc) is 2.45. The summed E-state index contributed by atoms with van der Waals surface area (Å²) in [5, 5.41) is 3.92. The van der Waals surface area contributed by atoms with Crippen LogP contribution in [0.3, 0.4) is 0 Å². The fourth-order valence-corrected chi connectivity index (χ4v) is 1.36. The number of carbonyl (C=O) groups is 1. The molecule has 0 saturated carbocycles. The fourth-order valence-electron chi connectivity index (χ4n) is 1.36. The number of ether oxygens (including phenoxy) is 1. The van der Waals surface area contributed by atoms with E-state index < -0.39 is 17.9 Å². The Morgan fingerprint density at radius 1 is 1.26 bits per heavy atom. The van der Waals surface area contributed by atoms with Crippen molar-refractivity contribution in [3.05, 3.63) is 41.4 Å². The number of alkyl halides is 3. The van der Waals surface area contributed by atoms with Crippen LogP contribution >= 0.6 is 0 Å². The normalized spacial score (nSPS) is 11.3. The van der Waals surface area contributed by atoms with Crippen molar-refractivity contribution in [2.24, 2.45) is 0 Å². The van der Waals surface area contributed by atoms with Crippen molar-refractivity contribution in [3.8, 4) is 5.75 Å². The Bertz CT molecular complexity index is 700. The molecule has 0 saturated heterocycles. The number of hydrogen-bond acceptors (Lipinski definition) is 4. The number of halogens is 3. The number of nitrogens with zero attached hydrogens (tertiary/aromatic N) is 2. The molecule has 0 unspecified atom stereocenters. The summed E-state index contributed by atoms with van der Waals surface area (Å²) >= 11 is 0. The third-order valence-electron chi connectivity index (χ3n) is 2.12. The van der Waals surface area contributed by atoms with Gasteiger partial charge in [0.15, 0.2) is 4.54 Å². The van der Waals surface area contributed by atoms with Crippen molar-refractivity contribution in [3.63, 3.8) is 0 Å². The largest absolute Gasteiger partial charge is 0.491 e. The van der Waals surface area contributed by atoms with Crippen LogP contribution in [-0.4, -0.2) is 17.2 Å². The summed E-state index contributed by atoms with van der Waals surface area (Å²) in [6, 6.07) is 7.36. The number of hydrogen-bond donors (Lipinski definition) is 0. The summed E-state index contributed by atoms with van der Waals surface area (Å²) in [6.07, 6.45) is -4.49. The molecule has 2 rings (SSSR count). The molecule has 0 amide bonds. The minimum atomic E-state index is -5.13. The Labute approximate surface area is 103 Å². The second kappa shape index (κ2) is 4.63. The highest BCUT2D eigenvalue weighted by atomic mass is 19.4. The van der Waals surface area contributed by atoms with E-state index in [1.165, 1.54) is 12.1 Å². The number of esters is 1. The highest BCUT2D eigenvalue weighted by Crippen LogP contribution is 2.20. The number of aromatic nitrogens is 2. The molecule has 0 fully saturated rings. The van der Waals surface area contributed by atoms with Gasteiger partial charge in [0.25, 0.3) is 0 Å². The average molecular weight is 271 g/mol. The second-order valence-electron chi connectivity index (χ2n) is 3.52. The molecular weight excluding hydrogens is 265 g/mol. The molecule has 0 aliphatic rings. The first-order valence-electron chi connectivity index (χ1n) is 4.99. The van der Waals surface area contributed by atoms with Crippen molar-refractivity contribution in [2.45, 2.75) is 6.18 Å². The lowest BCUT2D eigenvalue weighted by atomic mass is 10.2. The van der Waals surface area contributed by atoms with Gasteiger partial charge in [-0.3, -0.25) is 0 Å². The Kier molecular flexibility index (Phi) is 3.16. The summed E-state index contributed by atoms with van der Waals surface area (Å²) < 4.78 is 40.3. The molecule has 1 heterocycles. The monoisotopic (exact) mass is 271 g/mol. The van der Waals surface area contributed by atoms with Gasteiger partial charge in [-0.2, -0.15) is 13.2 Å². The SMILES string of the molecule is O=C(Oc1cc2ccccc2n[n+](=O)c1)C(F)(F)F. The molecule has 8 heteroatoms. The Morgan fingerprint density at radius 3 is 2.63 bits per heavy atom. The molecule has 0 N–H and O–H groups in total. The maximum atomic E-state index is 12.1. The van der Waals surface area contributed by atoms with Gasteiger partial charge >= 0.3 is 18.3 Å². The molecule has 0 aliphatic heterocycles. The molecule has 19 heavy (non-hydrogen) atoms. The molecule has 0 spiro atoms. The Morgan fingerprint density at radius 2 is 1.95 bits per heavy atom. The van der Waals surface area contributed by atoms with Crippen LogP contribution in [0.1, 0.15) is 0 Å². The zero-order chi connectivity index (χ0) is 14.0. The molecule has 98 valence electrons. The third-order valence-corrected chi connectivity index (χ3v) is 2.12. The van der Waals surface area contributed by atoms with E-state index in [-0.39, 0.29) is 10.1 Å². The van der Waals surface area contributed by atoms with Crippen molar-refractivity contribution in [1.29, 1.82) is 0 Å². The van der Waals surface area contributed by atoms with Gasteiger partial charge in [0.2, 0.25) is 5.75 Å². The van der Waals surface area contributed by atoms with Crippen LogP contribution in [0.5, 0.6) is 5.75 Å². The van der Waals surface area contributed by atoms with E-state index in [1.54, 1.807) is 12.1 Å². The maximum absolute atomic E-state index is 12.1. The van der Waals surface area contributed by atoms with E-state index in [0.717, 1.165) is 6.07 Å². The van der Waals surface area contributed by atoms with Gasteiger partial charge in [-0.15, -0.1) is 0 Å². The van der Waals surface area contributed by atoms with Gasteiger partial charge < -0.3 is 4.74 Å². The van der Waals surface area contributed by atoms with Gasteiger partial charge in [-0.1, -0.05) is 18.2 Å². The van der Waals surface area contributed by atoms with E-state index in [9.17, 15) is 22.9 Å². The zero-order valence-electron chi connectivity index (χ0n) is 9.22. The molecule has 0 bridgehead atoms. The lowest BCUT2D eigenvalue weighted by Gasteiger charge is -2.03. The number of carbonyl (C=O) groups excluding carboxylic acids is 1. The van der Waals surface area contributed by atoms with Gasteiger partial charge in [0.05, 0.1) is 10.0 Å². The lowest BCUT2D eigenvalue weighted by molar-refractivity contribution is -0.561. The Balaban J connectivity index is 2.51. The van der Waals surface area contributed by atoms with Crippen molar-refractivity contribution < 1.29 is 27.2 Å². The van der Waals surface area contributed by atoms with Gasteiger partial charge in [0.1, 0.15) is 5.52 Å². The van der Waals surface area contributed by atoms with Crippen LogP contribution in [0.15, 0.2) is 36.5 Å². The van der Waals surface area contributed by atoms with E-state index in [4.69, 9.17) is 0 Å². The molecule has 2 aromatic rings. The fraction of sp³-hybridized carbons (Fsp3) is 0.0909. The molecule has 0 radical (unpaired) electrons. The van der Waals surface area contributed by atoms with E-state index in [1.807, 2.05) is 0 Å².